The number of fused-ring (bicyclic) bond motifs is 5. The van der Waals surface area contributed by atoms with Gasteiger partial charge in [-0.05, 0) is 56.1 Å². The number of carbonyl (C=O) groups excluding carboxylic acids is 2. The Balaban J connectivity index is 1.25. The standard InChI is InChI=1S/C26H32O6/c1-23(2)24(3)12-13-25(23,32-21(24)27)22(28)31-19-9-8-16-10-11-26(20(16)19)29-14-17-6-4-5-7-18(17)15-30-26/h4-7,16,19-20H,8-15H2,1-3H3/t16-,19-,20+,24?,25?/m0/s1. The van der Waals surface area contributed by atoms with Crippen LogP contribution in [-0.2, 0) is 41.8 Å². The molecule has 3 saturated carbocycles. The van der Waals surface area contributed by atoms with E-state index in [-0.39, 0.29) is 24.0 Å². The second kappa shape index (κ2) is 6.57. The van der Waals surface area contributed by atoms with Gasteiger partial charge >= 0.3 is 11.9 Å². The van der Waals surface area contributed by atoms with Gasteiger partial charge in [0.15, 0.2) is 5.79 Å². The number of carbonyl (C=O) groups is 2. The van der Waals surface area contributed by atoms with Gasteiger partial charge in [0.25, 0.3) is 0 Å². The van der Waals surface area contributed by atoms with Crippen LogP contribution in [0.15, 0.2) is 24.3 Å². The summed E-state index contributed by atoms with van der Waals surface area (Å²) in [7, 11) is 0. The summed E-state index contributed by atoms with van der Waals surface area (Å²) >= 11 is 0. The average Bonchev–Trinajstić information content (AvgIpc) is 3.38. The summed E-state index contributed by atoms with van der Waals surface area (Å²) in [6.07, 6.45) is 4.51. The Hall–Kier alpha value is -1.92. The average molecular weight is 441 g/mol. The van der Waals surface area contributed by atoms with Crippen LogP contribution in [0.5, 0.6) is 0 Å². The second-order valence-electron chi connectivity index (χ2n) is 11.2. The lowest BCUT2D eigenvalue weighted by Crippen LogP contribution is -2.52. The highest BCUT2D eigenvalue weighted by Crippen LogP contribution is 2.66. The van der Waals surface area contributed by atoms with Crippen LogP contribution >= 0.6 is 0 Å². The molecule has 6 heteroatoms. The van der Waals surface area contributed by atoms with Gasteiger partial charge in [0, 0.05) is 11.8 Å². The van der Waals surface area contributed by atoms with E-state index in [4.69, 9.17) is 18.9 Å². The lowest BCUT2D eigenvalue weighted by Gasteiger charge is -2.39. The van der Waals surface area contributed by atoms with Crippen molar-refractivity contribution in [2.24, 2.45) is 22.7 Å². The SMILES string of the molecule is CC12CCC(C(=O)O[C@H]3CC[C@H]4CCC5(OCc6ccccc6CO5)[C@H]43)(OC1=O)C2(C)C. The van der Waals surface area contributed by atoms with Crippen LogP contribution in [0, 0.1) is 22.7 Å². The van der Waals surface area contributed by atoms with E-state index in [2.05, 4.69) is 12.1 Å². The second-order valence-corrected chi connectivity index (χ2v) is 11.2. The van der Waals surface area contributed by atoms with E-state index in [0.717, 1.165) is 36.8 Å². The number of hydrogen-bond acceptors (Lipinski definition) is 6. The molecule has 2 bridgehead atoms. The Morgan fingerprint density at radius 1 is 0.969 bits per heavy atom. The van der Waals surface area contributed by atoms with E-state index in [9.17, 15) is 9.59 Å². The number of esters is 2. The largest absolute Gasteiger partial charge is 0.459 e. The molecule has 0 N–H and O–H groups in total. The predicted octanol–water partition coefficient (Wildman–Crippen LogP) is 4.28. The van der Waals surface area contributed by atoms with Crippen LogP contribution in [0.3, 0.4) is 0 Å². The normalized spacial score (nSPS) is 40.6. The molecule has 32 heavy (non-hydrogen) atoms. The highest BCUT2D eigenvalue weighted by Gasteiger charge is 2.77. The zero-order valence-electron chi connectivity index (χ0n) is 19.1. The first-order valence-electron chi connectivity index (χ1n) is 12.0. The third kappa shape index (κ3) is 2.43. The van der Waals surface area contributed by atoms with Crippen molar-refractivity contribution in [3.8, 4) is 0 Å². The maximum atomic E-state index is 13.6. The molecule has 4 fully saturated rings. The summed E-state index contributed by atoms with van der Waals surface area (Å²) in [6.45, 7) is 6.87. The molecule has 2 aliphatic heterocycles. The van der Waals surface area contributed by atoms with Crippen LogP contribution < -0.4 is 0 Å². The quantitative estimate of drug-likeness (QED) is 0.639. The molecule has 0 amide bonds. The summed E-state index contributed by atoms with van der Waals surface area (Å²) in [4.78, 5) is 26.2. The van der Waals surface area contributed by atoms with E-state index in [0.29, 0.717) is 32.0 Å². The maximum absolute atomic E-state index is 13.6. The summed E-state index contributed by atoms with van der Waals surface area (Å²) in [6, 6.07) is 8.22. The van der Waals surface area contributed by atoms with Crippen LogP contribution in [0.25, 0.3) is 0 Å². The molecular weight excluding hydrogens is 408 g/mol. The first-order valence-corrected chi connectivity index (χ1v) is 12.0. The van der Waals surface area contributed by atoms with Crippen molar-refractivity contribution in [1.82, 2.24) is 0 Å². The minimum absolute atomic E-state index is 0.00478. The van der Waals surface area contributed by atoms with Crippen molar-refractivity contribution < 1.29 is 28.5 Å². The summed E-state index contributed by atoms with van der Waals surface area (Å²) < 4.78 is 24.9. The van der Waals surface area contributed by atoms with E-state index in [1.54, 1.807) is 0 Å². The molecule has 172 valence electrons. The molecule has 1 aromatic carbocycles. The third-order valence-electron chi connectivity index (χ3n) is 9.84. The minimum Gasteiger partial charge on any atom is -0.459 e. The first-order chi connectivity index (χ1) is 15.2. The van der Waals surface area contributed by atoms with Gasteiger partial charge in [0.2, 0.25) is 5.60 Å². The highest BCUT2D eigenvalue weighted by atomic mass is 16.7. The van der Waals surface area contributed by atoms with Gasteiger partial charge in [-0.1, -0.05) is 38.1 Å². The van der Waals surface area contributed by atoms with Crippen LogP contribution in [-0.4, -0.2) is 29.4 Å². The molecule has 1 aromatic rings. The van der Waals surface area contributed by atoms with Crippen molar-refractivity contribution >= 4 is 11.9 Å². The van der Waals surface area contributed by atoms with Crippen molar-refractivity contribution in [2.45, 2.75) is 90.0 Å². The molecule has 5 aliphatic rings. The fraction of sp³-hybridized carbons (Fsp3) is 0.692. The Labute approximate surface area is 188 Å². The van der Waals surface area contributed by atoms with Gasteiger partial charge in [-0.2, -0.15) is 0 Å². The molecule has 2 unspecified atom stereocenters. The van der Waals surface area contributed by atoms with Gasteiger partial charge in [0.1, 0.15) is 6.10 Å². The number of hydrogen-bond donors (Lipinski definition) is 0. The predicted molar refractivity (Wildman–Crippen MR) is 114 cm³/mol. The molecule has 5 atom stereocenters. The van der Waals surface area contributed by atoms with Crippen molar-refractivity contribution in [3.63, 3.8) is 0 Å². The van der Waals surface area contributed by atoms with E-state index >= 15 is 0 Å². The van der Waals surface area contributed by atoms with Crippen LogP contribution in [0.4, 0.5) is 0 Å². The van der Waals surface area contributed by atoms with Gasteiger partial charge in [-0.15, -0.1) is 0 Å². The van der Waals surface area contributed by atoms with Crippen molar-refractivity contribution in [3.05, 3.63) is 35.4 Å². The number of ether oxygens (including phenoxy) is 4. The Morgan fingerprint density at radius 3 is 2.25 bits per heavy atom. The van der Waals surface area contributed by atoms with Crippen molar-refractivity contribution in [1.29, 1.82) is 0 Å². The monoisotopic (exact) mass is 440 g/mol. The zero-order valence-corrected chi connectivity index (χ0v) is 19.1. The smallest absolute Gasteiger partial charge is 0.351 e. The third-order valence-corrected chi connectivity index (χ3v) is 9.84. The molecule has 0 radical (unpaired) electrons. The van der Waals surface area contributed by atoms with E-state index in [1.165, 1.54) is 0 Å². The van der Waals surface area contributed by atoms with Crippen LogP contribution in [0.2, 0.25) is 0 Å². The molecule has 2 heterocycles. The number of benzene rings is 1. The van der Waals surface area contributed by atoms with Gasteiger partial charge in [-0.3, -0.25) is 4.79 Å². The van der Waals surface area contributed by atoms with Gasteiger partial charge in [-0.25, -0.2) is 4.79 Å². The first kappa shape index (κ1) is 20.7. The molecule has 1 spiro atoms. The molecular formula is C26H32O6. The summed E-state index contributed by atoms with van der Waals surface area (Å²) in [5.41, 5.74) is -0.121. The Bertz CT molecular complexity index is 957. The fourth-order valence-electron chi connectivity index (χ4n) is 7.25. The number of rotatable bonds is 2. The van der Waals surface area contributed by atoms with Gasteiger partial charge in [0.05, 0.1) is 24.5 Å². The lowest BCUT2D eigenvalue weighted by molar-refractivity contribution is -0.278. The van der Waals surface area contributed by atoms with E-state index < -0.39 is 22.2 Å². The van der Waals surface area contributed by atoms with Crippen LogP contribution in [0.1, 0.15) is 70.4 Å². The molecule has 1 saturated heterocycles. The molecule has 6 rings (SSSR count). The summed E-state index contributed by atoms with van der Waals surface area (Å²) in [5.74, 6) is -0.971. The molecule has 6 nitrogen and oxygen atoms in total. The summed E-state index contributed by atoms with van der Waals surface area (Å²) in [5, 5.41) is 0. The van der Waals surface area contributed by atoms with Crippen molar-refractivity contribution in [2.75, 3.05) is 0 Å². The zero-order chi connectivity index (χ0) is 22.4. The molecule has 3 aliphatic carbocycles. The molecule has 0 aromatic heterocycles. The Morgan fingerprint density at radius 2 is 1.66 bits per heavy atom. The Kier molecular flexibility index (Phi) is 4.24. The van der Waals surface area contributed by atoms with Gasteiger partial charge < -0.3 is 18.9 Å². The maximum Gasteiger partial charge on any atom is 0.351 e. The topological polar surface area (TPSA) is 71.1 Å². The highest BCUT2D eigenvalue weighted by molar-refractivity contribution is 5.93. The lowest BCUT2D eigenvalue weighted by atomic mass is 9.66. The minimum atomic E-state index is -1.19. The van der Waals surface area contributed by atoms with E-state index in [1.807, 2.05) is 32.9 Å². The fourth-order valence-corrected chi connectivity index (χ4v) is 7.25.